The van der Waals surface area contributed by atoms with Crippen LogP contribution in [0.25, 0.3) is 0 Å². The molecule has 3 N–H and O–H groups in total. The molecule has 0 aliphatic carbocycles. The van der Waals surface area contributed by atoms with E-state index in [0.717, 1.165) is 11.8 Å². The van der Waals surface area contributed by atoms with Gasteiger partial charge in [-0.1, -0.05) is 51.1 Å². The van der Waals surface area contributed by atoms with Crippen LogP contribution in [0.1, 0.15) is 50.9 Å². The summed E-state index contributed by atoms with van der Waals surface area (Å²) in [7, 11) is 0. The van der Waals surface area contributed by atoms with E-state index in [4.69, 9.17) is 0 Å². The molecule has 33 heavy (non-hydrogen) atoms. The van der Waals surface area contributed by atoms with E-state index >= 15 is 0 Å². The fourth-order valence-corrected chi connectivity index (χ4v) is 3.56. The van der Waals surface area contributed by atoms with Gasteiger partial charge in [0.1, 0.15) is 11.8 Å². The minimum atomic E-state index is -4.46. The monoisotopic (exact) mass is 467 g/mol. The van der Waals surface area contributed by atoms with Gasteiger partial charge in [0.05, 0.1) is 17.9 Å². The lowest BCUT2D eigenvalue weighted by molar-refractivity contribution is -0.153. The van der Waals surface area contributed by atoms with Gasteiger partial charge in [-0.15, -0.1) is 0 Å². The average molecular weight is 467 g/mol. The highest BCUT2D eigenvalue weighted by Crippen LogP contribution is 2.38. The second-order valence-electron chi connectivity index (χ2n) is 8.73. The van der Waals surface area contributed by atoms with Crippen molar-refractivity contribution in [2.45, 2.75) is 51.9 Å². The number of amides is 2. The van der Waals surface area contributed by atoms with Crippen molar-refractivity contribution in [2.75, 3.05) is 6.61 Å². The van der Waals surface area contributed by atoms with Gasteiger partial charge < -0.3 is 20.5 Å². The predicted octanol–water partition coefficient (Wildman–Crippen LogP) is 4.67. The summed E-state index contributed by atoms with van der Waals surface area (Å²) in [4.78, 5) is 28.8. The largest absolute Gasteiger partial charge is 0.483 e. The fourth-order valence-electron chi connectivity index (χ4n) is 3.56. The second kappa shape index (κ2) is 10.5. The van der Waals surface area contributed by atoms with Crippen LogP contribution in [0.5, 0.6) is 5.75 Å². The molecule has 180 valence electrons. The van der Waals surface area contributed by atoms with Gasteiger partial charge >= 0.3 is 12.3 Å². The maximum Gasteiger partial charge on any atom is 0.422 e. The number of hydrogen-bond acceptors (Lipinski definition) is 4. The van der Waals surface area contributed by atoms with E-state index in [1.807, 2.05) is 51.1 Å². The van der Waals surface area contributed by atoms with Crippen LogP contribution in [0.2, 0.25) is 0 Å². The van der Waals surface area contributed by atoms with Crippen LogP contribution in [0, 0.1) is 5.41 Å². The van der Waals surface area contributed by atoms with Gasteiger partial charge in [-0.05, 0) is 30.0 Å². The number of nitrogens with one attached hydrogen (secondary N) is 2. The van der Waals surface area contributed by atoms with Crippen molar-refractivity contribution in [3.05, 3.63) is 59.9 Å². The fraction of sp³-hybridized carbons (Fsp3) is 0.435. The minimum absolute atomic E-state index is 0.0584. The van der Waals surface area contributed by atoms with Crippen molar-refractivity contribution < 1.29 is 32.6 Å². The molecule has 0 saturated carbocycles. The van der Waals surface area contributed by atoms with E-state index in [0.29, 0.717) is 5.69 Å². The molecule has 0 spiro atoms. The Labute approximate surface area is 190 Å². The Hall–Kier alpha value is -3.30. The third-order valence-corrected chi connectivity index (χ3v) is 4.95. The first kappa shape index (κ1) is 26.0. The lowest BCUT2D eigenvalue weighted by Crippen LogP contribution is -2.53. The topological polar surface area (TPSA) is 101 Å². The summed E-state index contributed by atoms with van der Waals surface area (Å²) >= 11 is 0. The number of halogens is 3. The molecule has 3 atom stereocenters. The van der Waals surface area contributed by atoms with Crippen LogP contribution >= 0.6 is 0 Å². The first-order valence-electron chi connectivity index (χ1n) is 10.3. The summed E-state index contributed by atoms with van der Waals surface area (Å²) in [6.07, 6.45) is -4.66. The summed E-state index contributed by atoms with van der Waals surface area (Å²) in [6, 6.07) is 10.2. The Bertz CT molecular complexity index is 929. The molecule has 2 rings (SSSR count). The van der Waals surface area contributed by atoms with Crippen LogP contribution in [-0.4, -0.2) is 40.9 Å². The van der Waals surface area contributed by atoms with E-state index in [9.17, 15) is 27.9 Å². The standard InChI is InChI=1S/C23H28F3N3O4/c1-14(17-11-10-16(12-27-17)33-13-23(24,25)26)28-20(30)19(29-21(31)32)18(22(2,3)4)15-8-6-5-7-9-15/h5-12,14,18-19,29H,13H2,1-4H3,(H,28,30)(H,31,32)/t14-,18-,19?/m1/s1. The number of alkyl halides is 3. The lowest BCUT2D eigenvalue weighted by Gasteiger charge is -2.37. The lowest BCUT2D eigenvalue weighted by atomic mass is 9.72. The molecule has 0 aliphatic rings. The Balaban J connectivity index is 2.21. The molecule has 7 nitrogen and oxygen atoms in total. The molecule has 10 heteroatoms. The normalized spacial score (nSPS) is 14.6. The summed E-state index contributed by atoms with van der Waals surface area (Å²) in [5.41, 5.74) is 0.713. The number of benzene rings is 1. The molecule has 0 aliphatic heterocycles. The highest BCUT2D eigenvalue weighted by Gasteiger charge is 2.39. The molecular weight excluding hydrogens is 439 g/mol. The Kier molecular flexibility index (Phi) is 8.29. The quantitative estimate of drug-likeness (QED) is 0.524. The molecule has 2 aromatic rings. The van der Waals surface area contributed by atoms with Crippen molar-refractivity contribution >= 4 is 12.0 Å². The maximum absolute atomic E-state index is 13.2. The van der Waals surface area contributed by atoms with E-state index < -0.39 is 48.2 Å². The van der Waals surface area contributed by atoms with E-state index in [-0.39, 0.29) is 5.75 Å². The number of rotatable bonds is 8. The molecule has 2 amide bonds. The Morgan fingerprint density at radius 3 is 2.18 bits per heavy atom. The zero-order valence-electron chi connectivity index (χ0n) is 18.8. The second-order valence-corrected chi connectivity index (χ2v) is 8.73. The number of ether oxygens (including phenoxy) is 1. The zero-order valence-corrected chi connectivity index (χ0v) is 18.8. The van der Waals surface area contributed by atoms with Gasteiger partial charge in [-0.25, -0.2) is 4.79 Å². The number of pyridine rings is 1. The third kappa shape index (κ3) is 7.96. The number of hydrogen-bond donors (Lipinski definition) is 3. The molecule has 1 heterocycles. The molecule has 0 radical (unpaired) electrons. The molecule has 0 saturated heterocycles. The highest BCUT2D eigenvalue weighted by atomic mass is 19.4. The average Bonchev–Trinajstić information content (AvgIpc) is 2.71. The summed E-state index contributed by atoms with van der Waals surface area (Å²) in [5, 5.41) is 14.5. The van der Waals surface area contributed by atoms with Crippen molar-refractivity contribution in [3.8, 4) is 5.75 Å². The van der Waals surface area contributed by atoms with Crippen LogP contribution in [0.3, 0.4) is 0 Å². The van der Waals surface area contributed by atoms with Gasteiger partial charge in [-0.3, -0.25) is 9.78 Å². The van der Waals surface area contributed by atoms with Crippen molar-refractivity contribution in [1.29, 1.82) is 0 Å². The number of carboxylic acid groups (broad SMARTS) is 1. The minimum Gasteiger partial charge on any atom is -0.483 e. The van der Waals surface area contributed by atoms with Gasteiger partial charge in [0.25, 0.3) is 0 Å². The van der Waals surface area contributed by atoms with Crippen molar-refractivity contribution in [2.24, 2.45) is 5.41 Å². The zero-order chi connectivity index (χ0) is 24.8. The van der Waals surface area contributed by atoms with Crippen molar-refractivity contribution in [3.63, 3.8) is 0 Å². The molecule has 1 unspecified atom stereocenters. The number of carbonyl (C=O) groups excluding carboxylic acids is 1. The van der Waals surface area contributed by atoms with Gasteiger partial charge in [-0.2, -0.15) is 13.2 Å². The molecule has 0 bridgehead atoms. The molecule has 0 fully saturated rings. The first-order chi connectivity index (χ1) is 15.3. The highest BCUT2D eigenvalue weighted by molar-refractivity contribution is 5.86. The number of aromatic nitrogens is 1. The SMILES string of the molecule is C[C@@H](NC(=O)C(NC(=O)O)[C@@H](c1ccccc1)C(C)(C)C)c1ccc(OCC(F)(F)F)cn1. The summed E-state index contributed by atoms with van der Waals surface area (Å²) < 4.78 is 41.5. The van der Waals surface area contributed by atoms with Gasteiger partial charge in [0.15, 0.2) is 6.61 Å². The molecule has 1 aromatic heterocycles. The first-order valence-corrected chi connectivity index (χ1v) is 10.3. The summed E-state index contributed by atoms with van der Waals surface area (Å²) in [5.74, 6) is -1.09. The smallest absolute Gasteiger partial charge is 0.422 e. The van der Waals surface area contributed by atoms with Crippen LogP contribution in [-0.2, 0) is 4.79 Å². The van der Waals surface area contributed by atoms with E-state index in [1.54, 1.807) is 6.92 Å². The van der Waals surface area contributed by atoms with Crippen LogP contribution in [0.4, 0.5) is 18.0 Å². The Morgan fingerprint density at radius 1 is 1.06 bits per heavy atom. The van der Waals surface area contributed by atoms with E-state index in [2.05, 4.69) is 20.4 Å². The number of carbonyl (C=O) groups is 2. The van der Waals surface area contributed by atoms with Crippen LogP contribution < -0.4 is 15.4 Å². The predicted molar refractivity (Wildman–Crippen MR) is 116 cm³/mol. The number of nitrogens with zero attached hydrogens (tertiary/aromatic N) is 1. The van der Waals surface area contributed by atoms with Crippen LogP contribution in [0.15, 0.2) is 48.7 Å². The molecular formula is C23H28F3N3O4. The van der Waals surface area contributed by atoms with Crippen molar-refractivity contribution in [1.82, 2.24) is 15.6 Å². The van der Waals surface area contributed by atoms with Gasteiger partial charge in [0.2, 0.25) is 5.91 Å². The molecule has 1 aromatic carbocycles. The summed E-state index contributed by atoms with van der Waals surface area (Å²) in [6.45, 7) is 5.96. The third-order valence-electron chi connectivity index (χ3n) is 4.95. The van der Waals surface area contributed by atoms with Gasteiger partial charge in [0, 0.05) is 5.92 Å². The maximum atomic E-state index is 13.2. The Morgan fingerprint density at radius 2 is 1.70 bits per heavy atom. The van der Waals surface area contributed by atoms with E-state index in [1.165, 1.54) is 12.1 Å².